The van der Waals surface area contributed by atoms with Crippen LogP contribution in [0.1, 0.15) is 32.3 Å². The first kappa shape index (κ1) is 27.7. The molecule has 2 heterocycles. The highest BCUT2D eigenvalue weighted by Crippen LogP contribution is 2.50. The highest BCUT2D eigenvalue weighted by molar-refractivity contribution is 6.55. The maximum atomic E-state index is 13.8. The number of halogens is 5. The lowest BCUT2D eigenvalue weighted by Crippen LogP contribution is -2.67. The van der Waals surface area contributed by atoms with Gasteiger partial charge in [0, 0.05) is 5.69 Å². The number of imide groups is 1. The fraction of sp³-hybridized carbons (Fsp3) is 0.192. The van der Waals surface area contributed by atoms with Gasteiger partial charge in [0.2, 0.25) is 0 Å². The lowest BCUT2D eigenvalue weighted by Gasteiger charge is -2.49. The van der Waals surface area contributed by atoms with E-state index in [2.05, 4.69) is 0 Å². The van der Waals surface area contributed by atoms with Crippen LogP contribution >= 0.6 is 58.0 Å². The number of hydrogen-bond acceptors (Lipinski definition) is 6. The van der Waals surface area contributed by atoms with Crippen molar-refractivity contribution in [1.29, 1.82) is 0 Å². The van der Waals surface area contributed by atoms with Crippen molar-refractivity contribution in [3.63, 3.8) is 0 Å². The minimum Gasteiger partial charge on any atom is -0.495 e. The van der Waals surface area contributed by atoms with Crippen molar-refractivity contribution >= 4 is 81.4 Å². The summed E-state index contributed by atoms with van der Waals surface area (Å²) in [5.41, 5.74) is 0.534. The molecule has 3 aromatic rings. The molecule has 202 valence electrons. The largest absolute Gasteiger partial charge is 0.495 e. The van der Waals surface area contributed by atoms with E-state index in [4.69, 9.17) is 72.2 Å². The SMILES string of the molecule is COc1ccc(N2C(=O)[C@@H](N3C(=O)c4c(Cl)c(Cl)c(Cl)c(Cl)c4C3=O)[C@H]2c2ccc(OC)c(OC)c2)cc1Cl. The smallest absolute Gasteiger partial charge is 0.264 e. The van der Waals surface area contributed by atoms with Crippen LogP contribution < -0.4 is 19.1 Å². The van der Waals surface area contributed by atoms with Gasteiger partial charge in [-0.05, 0) is 35.9 Å². The monoisotopic (exact) mass is 628 g/mol. The van der Waals surface area contributed by atoms with Gasteiger partial charge in [0.15, 0.2) is 11.5 Å². The summed E-state index contributed by atoms with van der Waals surface area (Å²) in [5, 5.41) is -0.530. The molecule has 0 bridgehead atoms. The van der Waals surface area contributed by atoms with E-state index < -0.39 is 29.8 Å². The van der Waals surface area contributed by atoms with Crippen molar-refractivity contribution in [1.82, 2.24) is 4.90 Å². The van der Waals surface area contributed by atoms with Gasteiger partial charge in [-0.15, -0.1) is 0 Å². The third-order valence-electron chi connectivity index (χ3n) is 6.64. The van der Waals surface area contributed by atoms with Crippen LogP contribution in [0.2, 0.25) is 25.1 Å². The van der Waals surface area contributed by atoms with Crippen molar-refractivity contribution < 1.29 is 28.6 Å². The molecule has 0 radical (unpaired) electrons. The standard InChI is InChI=1S/C26H17Cl5N2O6/c1-37-13-7-5-11(9-12(13)27)32-22(10-4-6-14(38-2)15(8-10)39-3)23(26(32)36)33-24(34)16-17(25(33)35)19(29)21(31)20(30)18(16)28/h4-9,22-23H,1-3H3/t22-,23+/m1/s1. The Morgan fingerprint density at radius 3 is 1.67 bits per heavy atom. The molecule has 1 fully saturated rings. The third kappa shape index (κ3) is 4.08. The summed E-state index contributed by atoms with van der Waals surface area (Å²) in [6, 6.07) is 7.72. The molecule has 2 aliphatic heterocycles. The molecule has 0 unspecified atom stereocenters. The van der Waals surface area contributed by atoms with Crippen molar-refractivity contribution in [3.05, 3.63) is 78.2 Å². The average molecular weight is 631 g/mol. The van der Waals surface area contributed by atoms with Crippen LogP contribution in [0.25, 0.3) is 0 Å². The Morgan fingerprint density at radius 1 is 0.615 bits per heavy atom. The lowest BCUT2D eigenvalue weighted by molar-refractivity contribution is -0.130. The normalized spacial score (nSPS) is 18.3. The van der Waals surface area contributed by atoms with E-state index in [0.717, 1.165) is 4.90 Å². The van der Waals surface area contributed by atoms with Gasteiger partial charge in [0.25, 0.3) is 17.7 Å². The van der Waals surface area contributed by atoms with Crippen LogP contribution in [-0.2, 0) is 4.79 Å². The summed E-state index contributed by atoms with van der Waals surface area (Å²) in [4.78, 5) is 43.2. The summed E-state index contributed by atoms with van der Waals surface area (Å²) in [7, 11) is 4.42. The molecule has 0 aliphatic carbocycles. The lowest BCUT2D eigenvalue weighted by atomic mass is 9.86. The Morgan fingerprint density at radius 2 is 1.15 bits per heavy atom. The average Bonchev–Trinajstić information content (AvgIpc) is 3.18. The number of carbonyl (C=O) groups excluding carboxylic acids is 3. The van der Waals surface area contributed by atoms with Crippen LogP contribution in [0, 0.1) is 0 Å². The van der Waals surface area contributed by atoms with Gasteiger partial charge in [-0.25, -0.2) is 0 Å². The minimum atomic E-state index is -1.26. The second-order valence-corrected chi connectivity index (χ2v) is 10.4. The maximum absolute atomic E-state index is 13.8. The Balaban J connectivity index is 1.65. The zero-order valence-corrected chi connectivity index (χ0v) is 24.1. The first-order valence-corrected chi connectivity index (χ1v) is 13.1. The molecular weight excluding hydrogens is 614 g/mol. The number of nitrogens with zero attached hydrogens (tertiary/aromatic N) is 2. The number of β-lactam (4-membered cyclic amide) rings is 1. The van der Waals surface area contributed by atoms with Crippen molar-refractivity contribution in [2.24, 2.45) is 0 Å². The zero-order valence-electron chi connectivity index (χ0n) is 20.4. The molecule has 3 aromatic carbocycles. The van der Waals surface area contributed by atoms with Crippen LogP contribution in [0.3, 0.4) is 0 Å². The topological polar surface area (TPSA) is 85.4 Å². The molecule has 1 saturated heterocycles. The van der Waals surface area contributed by atoms with Crippen LogP contribution in [0.5, 0.6) is 17.2 Å². The summed E-state index contributed by atoms with van der Waals surface area (Å²) < 4.78 is 16.0. The van der Waals surface area contributed by atoms with E-state index in [1.54, 1.807) is 36.4 Å². The second kappa shape index (κ2) is 10.3. The third-order valence-corrected chi connectivity index (χ3v) is 8.74. The summed E-state index contributed by atoms with van der Waals surface area (Å²) in [6.45, 7) is 0. The van der Waals surface area contributed by atoms with Gasteiger partial charge in [-0.2, -0.15) is 0 Å². The molecule has 8 nitrogen and oxygen atoms in total. The minimum absolute atomic E-state index is 0.170. The molecule has 13 heteroatoms. The summed E-state index contributed by atoms with van der Waals surface area (Å²) in [6.07, 6.45) is 0. The zero-order chi connectivity index (χ0) is 28.3. The molecular formula is C26H17Cl5N2O6. The van der Waals surface area contributed by atoms with Gasteiger partial charge >= 0.3 is 0 Å². The Bertz CT molecular complexity index is 1530. The number of fused-ring (bicyclic) bond motifs is 1. The van der Waals surface area contributed by atoms with E-state index in [-0.39, 0.29) is 36.2 Å². The number of ether oxygens (including phenoxy) is 3. The summed E-state index contributed by atoms with van der Waals surface area (Å²) in [5.74, 6) is -0.951. The number of hydrogen-bond donors (Lipinski definition) is 0. The highest BCUT2D eigenvalue weighted by atomic mass is 35.5. The van der Waals surface area contributed by atoms with E-state index in [9.17, 15) is 14.4 Å². The first-order chi connectivity index (χ1) is 18.6. The number of rotatable bonds is 6. The number of benzene rings is 3. The second-order valence-electron chi connectivity index (χ2n) is 8.52. The predicted octanol–water partition coefficient (Wildman–Crippen LogP) is 6.73. The number of anilines is 1. The summed E-state index contributed by atoms with van der Waals surface area (Å²) >= 11 is 31.3. The molecule has 0 aromatic heterocycles. The van der Waals surface area contributed by atoms with Crippen molar-refractivity contribution in [3.8, 4) is 17.2 Å². The molecule has 2 atom stereocenters. The van der Waals surface area contributed by atoms with E-state index in [1.165, 1.54) is 26.2 Å². The van der Waals surface area contributed by atoms with Crippen molar-refractivity contribution in [2.75, 3.05) is 26.2 Å². The molecule has 3 amide bonds. The number of carbonyl (C=O) groups is 3. The Kier molecular flexibility index (Phi) is 7.28. The van der Waals surface area contributed by atoms with Crippen molar-refractivity contribution in [2.45, 2.75) is 12.1 Å². The van der Waals surface area contributed by atoms with Gasteiger partial charge in [-0.1, -0.05) is 64.1 Å². The van der Waals surface area contributed by atoms with Gasteiger partial charge < -0.3 is 19.1 Å². The fourth-order valence-corrected chi connectivity index (χ4v) is 6.07. The number of methoxy groups -OCH3 is 3. The number of amides is 3. The van der Waals surface area contributed by atoms with E-state index in [1.807, 2.05) is 0 Å². The molecule has 39 heavy (non-hydrogen) atoms. The molecule has 5 rings (SSSR count). The maximum Gasteiger partial charge on any atom is 0.264 e. The van der Waals surface area contributed by atoms with Crippen LogP contribution in [-0.4, -0.2) is 50.0 Å². The molecule has 2 aliphatic rings. The van der Waals surface area contributed by atoms with E-state index in [0.29, 0.717) is 28.5 Å². The van der Waals surface area contributed by atoms with Gasteiger partial charge in [0.05, 0.1) is 63.6 Å². The van der Waals surface area contributed by atoms with Gasteiger partial charge in [0.1, 0.15) is 11.8 Å². The van der Waals surface area contributed by atoms with Crippen LogP contribution in [0.4, 0.5) is 5.69 Å². The molecule has 0 spiro atoms. The fourth-order valence-electron chi connectivity index (χ4n) is 4.81. The van der Waals surface area contributed by atoms with Crippen LogP contribution in [0.15, 0.2) is 36.4 Å². The van der Waals surface area contributed by atoms with Gasteiger partial charge in [-0.3, -0.25) is 19.3 Å². The molecule has 0 N–H and O–H groups in total. The highest BCUT2D eigenvalue weighted by Gasteiger charge is 2.58. The first-order valence-electron chi connectivity index (χ1n) is 11.2. The predicted molar refractivity (Wildman–Crippen MR) is 149 cm³/mol. The molecule has 0 saturated carbocycles. The van der Waals surface area contributed by atoms with E-state index >= 15 is 0 Å². The quantitative estimate of drug-likeness (QED) is 0.130. The Hall–Kier alpha value is -2.88. The Labute approximate surface area is 247 Å².